The molecule has 0 amide bonds. The summed E-state index contributed by atoms with van der Waals surface area (Å²) in [5.74, 6) is 0.506. The number of carbonyl (C=O) groups excluding carboxylic acids is 2. The van der Waals surface area contributed by atoms with Gasteiger partial charge in [-0.05, 0) is 50.7 Å². The predicted octanol–water partition coefficient (Wildman–Crippen LogP) is 4.94. The minimum atomic E-state index is -0.447. The molecule has 5 nitrogen and oxygen atoms in total. The first-order valence-corrected chi connectivity index (χ1v) is 10.3. The van der Waals surface area contributed by atoms with E-state index in [2.05, 4.69) is 18.7 Å². The molecule has 0 aromatic heterocycles. The fourth-order valence-electron chi connectivity index (χ4n) is 3.53. The van der Waals surface area contributed by atoms with Gasteiger partial charge in [0.05, 0.1) is 11.5 Å². The van der Waals surface area contributed by atoms with Crippen LogP contribution < -0.4 is 4.74 Å². The molecule has 0 spiro atoms. The predicted molar refractivity (Wildman–Crippen MR) is 120 cm³/mol. The van der Waals surface area contributed by atoms with Crippen LogP contribution in [0.25, 0.3) is 0 Å². The van der Waals surface area contributed by atoms with Gasteiger partial charge in [0.25, 0.3) is 0 Å². The SMILES string of the molecule is CCN(CC)CCOC(=O)C(C)c1ccc2c(c1)C(=O)Cc1cc(C)ccc1O2.Cl. The quantitative estimate of drug-likeness (QED) is 0.581. The summed E-state index contributed by atoms with van der Waals surface area (Å²) in [5, 5.41) is 0. The van der Waals surface area contributed by atoms with Gasteiger partial charge < -0.3 is 14.4 Å². The molecule has 0 saturated carbocycles. The van der Waals surface area contributed by atoms with Crippen molar-refractivity contribution in [2.45, 2.75) is 40.0 Å². The number of ether oxygens (including phenoxy) is 2. The minimum absolute atomic E-state index is 0. The molecule has 2 aromatic rings. The van der Waals surface area contributed by atoms with Gasteiger partial charge in [0.1, 0.15) is 18.1 Å². The Bertz CT molecular complexity index is 908. The highest BCUT2D eigenvalue weighted by atomic mass is 35.5. The summed E-state index contributed by atoms with van der Waals surface area (Å²) in [6.07, 6.45) is 0.288. The number of rotatable bonds is 7. The van der Waals surface area contributed by atoms with Gasteiger partial charge in [0.15, 0.2) is 5.78 Å². The van der Waals surface area contributed by atoms with E-state index in [4.69, 9.17) is 9.47 Å². The third kappa shape index (κ3) is 5.41. The van der Waals surface area contributed by atoms with Crippen LogP contribution in [-0.4, -0.2) is 42.9 Å². The van der Waals surface area contributed by atoms with E-state index in [0.717, 1.165) is 36.3 Å². The van der Waals surface area contributed by atoms with Crippen molar-refractivity contribution in [2.75, 3.05) is 26.2 Å². The van der Waals surface area contributed by atoms with Crippen LogP contribution in [0.2, 0.25) is 0 Å². The molecular formula is C24H30ClNO4. The number of hydrogen-bond donors (Lipinski definition) is 0. The first kappa shape index (κ1) is 23.9. The average Bonchev–Trinajstić information content (AvgIpc) is 2.85. The van der Waals surface area contributed by atoms with E-state index in [-0.39, 0.29) is 30.6 Å². The summed E-state index contributed by atoms with van der Waals surface area (Å²) in [6.45, 7) is 10.9. The third-order valence-electron chi connectivity index (χ3n) is 5.49. The molecule has 1 heterocycles. The van der Waals surface area contributed by atoms with E-state index >= 15 is 0 Å². The highest BCUT2D eigenvalue weighted by Crippen LogP contribution is 2.35. The van der Waals surface area contributed by atoms with Gasteiger partial charge in [0.2, 0.25) is 0 Å². The number of aryl methyl sites for hydroxylation is 1. The van der Waals surface area contributed by atoms with E-state index in [1.807, 2.05) is 38.1 Å². The van der Waals surface area contributed by atoms with Gasteiger partial charge in [-0.2, -0.15) is 0 Å². The van der Waals surface area contributed by atoms with Gasteiger partial charge >= 0.3 is 5.97 Å². The van der Waals surface area contributed by atoms with Crippen LogP contribution in [0.1, 0.15) is 53.7 Å². The van der Waals surface area contributed by atoms with Gasteiger partial charge in [0, 0.05) is 18.5 Å². The van der Waals surface area contributed by atoms with Crippen molar-refractivity contribution in [1.82, 2.24) is 4.90 Å². The van der Waals surface area contributed by atoms with Crippen molar-refractivity contribution >= 4 is 24.2 Å². The number of halogens is 1. The molecule has 0 saturated heterocycles. The number of likely N-dealkylation sites (N-methyl/N-ethyl adjacent to an activating group) is 1. The highest BCUT2D eigenvalue weighted by molar-refractivity contribution is 6.01. The maximum Gasteiger partial charge on any atom is 0.313 e. The zero-order valence-electron chi connectivity index (χ0n) is 18.1. The molecular weight excluding hydrogens is 402 g/mol. The molecule has 30 heavy (non-hydrogen) atoms. The molecule has 1 aliphatic heterocycles. The van der Waals surface area contributed by atoms with Gasteiger partial charge in [-0.25, -0.2) is 0 Å². The van der Waals surface area contributed by atoms with E-state index in [9.17, 15) is 9.59 Å². The number of esters is 1. The third-order valence-corrected chi connectivity index (χ3v) is 5.49. The van der Waals surface area contributed by atoms with Gasteiger partial charge in [-0.15, -0.1) is 12.4 Å². The number of benzene rings is 2. The molecule has 0 fully saturated rings. The Morgan fingerprint density at radius 1 is 1.13 bits per heavy atom. The standard InChI is InChI=1S/C24H29NO4.ClH/c1-5-25(6-2)11-12-28-24(27)17(4)18-8-10-23-20(14-18)21(26)15-19-13-16(3)7-9-22(19)29-23;/h7-10,13-14,17H,5-6,11-12,15H2,1-4H3;1H. The van der Waals surface area contributed by atoms with E-state index in [1.165, 1.54) is 0 Å². The van der Waals surface area contributed by atoms with Crippen molar-refractivity contribution in [3.63, 3.8) is 0 Å². The summed E-state index contributed by atoms with van der Waals surface area (Å²) >= 11 is 0. The first-order valence-electron chi connectivity index (χ1n) is 10.3. The smallest absolute Gasteiger partial charge is 0.313 e. The van der Waals surface area contributed by atoms with E-state index in [1.54, 1.807) is 12.1 Å². The lowest BCUT2D eigenvalue weighted by atomic mass is 9.95. The van der Waals surface area contributed by atoms with Crippen LogP contribution in [0.3, 0.4) is 0 Å². The molecule has 0 radical (unpaired) electrons. The summed E-state index contributed by atoms with van der Waals surface area (Å²) in [4.78, 5) is 27.5. The second-order valence-corrected chi connectivity index (χ2v) is 7.48. The molecule has 0 bridgehead atoms. The lowest BCUT2D eigenvalue weighted by molar-refractivity contribution is -0.145. The molecule has 1 unspecified atom stereocenters. The monoisotopic (exact) mass is 431 g/mol. The highest BCUT2D eigenvalue weighted by Gasteiger charge is 2.24. The summed E-state index contributed by atoms with van der Waals surface area (Å²) in [6, 6.07) is 11.2. The lowest BCUT2D eigenvalue weighted by Gasteiger charge is -2.19. The largest absolute Gasteiger partial charge is 0.464 e. The number of ketones is 1. The van der Waals surface area contributed by atoms with Crippen LogP contribution >= 0.6 is 12.4 Å². The van der Waals surface area contributed by atoms with Gasteiger partial charge in [-0.3, -0.25) is 9.59 Å². The molecule has 6 heteroatoms. The molecule has 1 atom stereocenters. The van der Waals surface area contributed by atoms with Crippen LogP contribution in [0.15, 0.2) is 36.4 Å². The fourth-order valence-corrected chi connectivity index (χ4v) is 3.53. The second kappa shape index (κ2) is 10.6. The Balaban J connectivity index is 0.00000320. The fraction of sp³-hybridized carbons (Fsp3) is 0.417. The maximum absolute atomic E-state index is 12.8. The molecule has 0 N–H and O–H groups in total. The number of carbonyl (C=O) groups is 2. The lowest BCUT2D eigenvalue weighted by Crippen LogP contribution is -2.28. The van der Waals surface area contributed by atoms with Crippen molar-refractivity contribution in [3.8, 4) is 11.5 Å². The zero-order chi connectivity index (χ0) is 21.0. The molecule has 0 aliphatic carbocycles. The minimum Gasteiger partial charge on any atom is -0.464 e. The van der Waals surface area contributed by atoms with E-state index < -0.39 is 5.92 Å². The zero-order valence-corrected chi connectivity index (χ0v) is 18.9. The summed E-state index contributed by atoms with van der Waals surface area (Å²) in [5.41, 5.74) is 3.25. The van der Waals surface area contributed by atoms with Crippen LogP contribution in [0.4, 0.5) is 0 Å². The molecule has 162 valence electrons. The Morgan fingerprint density at radius 2 is 1.83 bits per heavy atom. The van der Waals surface area contributed by atoms with Crippen LogP contribution in [-0.2, 0) is 16.0 Å². The van der Waals surface area contributed by atoms with Crippen molar-refractivity contribution < 1.29 is 19.1 Å². The maximum atomic E-state index is 12.8. The molecule has 1 aliphatic rings. The van der Waals surface area contributed by atoms with E-state index in [0.29, 0.717) is 23.7 Å². The Hall–Kier alpha value is -2.37. The molecule has 2 aromatic carbocycles. The molecule has 3 rings (SSSR count). The number of Topliss-reactive ketones (excluding diaryl/α,β-unsaturated/α-hetero) is 1. The number of nitrogens with zero attached hydrogens (tertiary/aromatic N) is 1. The summed E-state index contributed by atoms with van der Waals surface area (Å²) in [7, 11) is 0. The summed E-state index contributed by atoms with van der Waals surface area (Å²) < 4.78 is 11.5. The first-order chi connectivity index (χ1) is 13.9. The van der Waals surface area contributed by atoms with Crippen molar-refractivity contribution in [1.29, 1.82) is 0 Å². The topological polar surface area (TPSA) is 55.8 Å². The Kier molecular flexibility index (Phi) is 8.44. The average molecular weight is 432 g/mol. The normalized spacial score (nSPS) is 13.4. The van der Waals surface area contributed by atoms with Gasteiger partial charge in [-0.1, -0.05) is 37.6 Å². The van der Waals surface area contributed by atoms with Crippen LogP contribution in [0, 0.1) is 6.92 Å². The number of hydrogen-bond acceptors (Lipinski definition) is 5. The van der Waals surface area contributed by atoms with Crippen molar-refractivity contribution in [3.05, 3.63) is 58.7 Å². The number of fused-ring (bicyclic) bond motifs is 2. The Labute approximate surface area is 184 Å². The van der Waals surface area contributed by atoms with Crippen molar-refractivity contribution in [2.24, 2.45) is 0 Å². The Morgan fingerprint density at radius 3 is 2.53 bits per heavy atom. The second-order valence-electron chi connectivity index (χ2n) is 7.48. The van der Waals surface area contributed by atoms with Crippen LogP contribution in [0.5, 0.6) is 11.5 Å².